The highest BCUT2D eigenvalue weighted by atomic mass is 32.2. The molecule has 0 spiro atoms. The molecule has 0 radical (unpaired) electrons. The molecule has 0 saturated carbocycles. The van der Waals surface area contributed by atoms with Crippen molar-refractivity contribution in [3.8, 4) is 0 Å². The number of carboxylic acid groups (broad SMARTS) is 1. The highest BCUT2D eigenvalue weighted by Crippen LogP contribution is 2.42. The lowest BCUT2D eigenvalue weighted by atomic mass is 10.1. The first-order valence-corrected chi connectivity index (χ1v) is 4.92. The predicted octanol–water partition coefficient (Wildman–Crippen LogP) is 0.649. The van der Waals surface area contributed by atoms with Gasteiger partial charge in [0.25, 0.3) is 0 Å². The number of amides is 1. The van der Waals surface area contributed by atoms with Gasteiger partial charge in [0.2, 0.25) is 5.91 Å². The lowest BCUT2D eigenvalue weighted by Crippen LogP contribution is -2.54. The number of nitrogens with zero attached hydrogens (tertiary/aromatic N) is 1. The molecule has 1 unspecified atom stereocenters. The number of fused-ring (bicyclic) bond motifs is 1. The van der Waals surface area contributed by atoms with E-state index in [1.165, 1.54) is 11.8 Å². The molecule has 0 aromatic rings. The van der Waals surface area contributed by atoms with Gasteiger partial charge in [-0.1, -0.05) is 6.58 Å². The summed E-state index contributed by atoms with van der Waals surface area (Å²) in [6, 6.07) is 0. The zero-order valence-electron chi connectivity index (χ0n) is 6.90. The van der Waals surface area contributed by atoms with Crippen molar-refractivity contribution in [3.05, 3.63) is 12.3 Å². The molecule has 13 heavy (non-hydrogen) atoms. The molecule has 2 heterocycles. The Kier molecular flexibility index (Phi) is 1.83. The monoisotopic (exact) mass is 199 g/mol. The fraction of sp³-hybridized carbons (Fsp3) is 0.500. The number of hydrogen-bond acceptors (Lipinski definition) is 3. The predicted molar refractivity (Wildman–Crippen MR) is 48.0 cm³/mol. The number of carboxylic acids is 1. The molecule has 2 rings (SSSR count). The van der Waals surface area contributed by atoms with E-state index in [9.17, 15) is 9.59 Å². The van der Waals surface area contributed by atoms with Crippen LogP contribution < -0.4 is 0 Å². The van der Waals surface area contributed by atoms with E-state index in [1.807, 2.05) is 0 Å². The van der Waals surface area contributed by atoms with Crippen LogP contribution in [-0.2, 0) is 9.59 Å². The Hall–Kier alpha value is -0.970. The molecular weight excluding hydrogens is 190 g/mol. The van der Waals surface area contributed by atoms with Crippen LogP contribution in [0.2, 0.25) is 0 Å². The van der Waals surface area contributed by atoms with Gasteiger partial charge in [-0.3, -0.25) is 9.59 Å². The first-order chi connectivity index (χ1) is 6.09. The summed E-state index contributed by atoms with van der Waals surface area (Å²) >= 11 is 1.34. The molecule has 1 amide bonds. The molecule has 0 bridgehead atoms. The summed E-state index contributed by atoms with van der Waals surface area (Å²) < 4.78 is 0. The summed E-state index contributed by atoms with van der Waals surface area (Å²) in [5, 5.41) is 8.38. The molecule has 2 aliphatic rings. The van der Waals surface area contributed by atoms with Crippen LogP contribution in [-0.4, -0.2) is 32.5 Å². The van der Waals surface area contributed by atoms with Crippen LogP contribution in [0.1, 0.15) is 12.8 Å². The average molecular weight is 199 g/mol. The summed E-state index contributed by atoms with van der Waals surface area (Å²) in [5.74, 6) is -0.753. The second-order valence-electron chi connectivity index (χ2n) is 3.16. The number of hydrogen-bond donors (Lipinski definition) is 1. The summed E-state index contributed by atoms with van der Waals surface area (Å²) in [7, 11) is 0. The van der Waals surface area contributed by atoms with Crippen molar-refractivity contribution < 1.29 is 14.7 Å². The summed E-state index contributed by atoms with van der Waals surface area (Å²) in [6.07, 6.45) is 0.829. The third-order valence-corrected chi connectivity index (χ3v) is 3.65. The van der Waals surface area contributed by atoms with Crippen LogP contribution in [0.4, 0.5) is 0 Å². The molecule has 0 aliphatic carbocycles. The molecule has 70 valence electrons. The highest BCUT2D eigenvalue weighted by molar-refractivity contribution is 8.01. The SMILES string of the molecule is C=C1CC(C(=O)O)S[C@@H]2CC(=O)N12. The Morgan fingerprint density at radius 1 is 1.62 bits per heavy atom. The van der Waals surface area contributed by atoms with E-state index in [-0.39, 0.29) is 11.3 Å². The van der Waals surface area contributed by atoms with E-state index in [1.54, 1.807) is 4.90 Å². The molecular formula is C8H9NO3S. The van der Waals surface area contributed by atoms with Crippen molar-refractivity contribution in [2.75, 3.05) is 0 Å². The molecule has 5 heteroatoms. The molecule has 4 nitrogen and oxygen atoms in total. The second kappa shape index (κ2) is 2.77. The van der Waals surface area contributed by atoms with Crippen molar-refractivity contribution in [1.29, 1.82) is 0 Å². The van der Waals surface area contributed by atoms with Gasteiger partial charge in [-0.25, -0.2) is 0 Å². The summed E-state index contributed by atoms with van der Waals surface area (Å²) in [5.41, 5.74) is 0.646. The van der Waals surface area contributed by atoms with Gasteiger partial charge in [-0.15, -0.1) is 11.8 Å². The number of allylic oxidation sites excluding steroid dienone is 1. The molecule has 2 fully saturated rings. The number of aliphatic carboxylic acids is 1. The smallest absolute Gasteiger partial charge is 0.317 e. The van der Waals surface area contributed by atoms with E-state index in [4.69, 9.17) is 5.11 Å². The minimum Gasteiger partial charge on any atom is -0.480 e. The Bertz CT molecular complexity index is 302. The van der Waals surface area contributed by atoms with Crippen LogP contribution in [0.15, 0.2) is 12.3 Å². The fourth-order valence-electron chi connectivity index (χ4n) is 1.57. The standard InChI is InChI=1S/C8H9NO3S/c1-4-2-5(8(11)12)13-7-3-6(10)9(4)7/h5,7H,1-3H2,(H,11,12)/t5?,7-/m1/s1. The van der Waals surface area contributed by atoms with Gasteiger partial charge in [0.1, 0.15) is 5.25 Å². The highest BCUT2D eigenvalue weighted by Gasteiger charge is 2.45. The van der Waals surface area contributed by atoms with Crippen molar-refractivity contribution in [2.24, 2.45) is 0 Å². The van der Waals surface area contributed by atoms with Crippen molar-refractivity contribution in [1.82, 2.24) is 4.90 Å². The Morgan fingerprint density at radius 3 is 2.77 bits per heavy atom. The lowest BCUT2D eigenvalue weighted by molar-refractivity contribution is -0.141. The minimum absolute atomic E-state index is 0.0230. The van der Waals surface area contributed by atoms with Crippen LogP contribution in [0, 0.1) is 0 Å². The van der Waals surface area contributed by atoms with Crippen molar-refractivity contribution in [3.63, 3.8) is 0 Å². The largest absolute Gasteiger partial charge is 0.480 e. The van der Waals surface area contributed by atoms with E-state index in [0.29, 0.717) is 18.5 Å². The molecule has 2 atom stereocenters. The topological polar surface area (TPSA) is 57.6 Å². The number of carbonyl (C=O) groups excluding carboxylic acids is 1. The fourth-order valence-corrected chi connectivity index (χ4v) is 2.98. The van der Waals surface area contributed by atoms with Crippen LogP contribution >= 0.6 is 11.8 Å². The maximum atomic E-state index is 11.1. The van der Waals surface area contributed by atoms with Gasteiger partial charge in [0.05, 0.1) is 11.8 Å². The van der Waals surface area contributed by atoms with Gasteiger partial charge >= 0.3 is 5.97 Å². The van der Waals surface area contributed by atoms with Crippen molar-refractivity contribution in [2.45, 2.75) is 23.5 Å². The molecule has 2 saturated heterocycles. The number of carbonyl (C=O) groups is 2. The van der Waals surface area contributed by atoms with Gasteiger partial charge in [0, 0.05) is 12.1 Å². The van der Waals surface area contributed by atoms with Gasteiger partial charge in [-0.2, -0.15) is 0 Å². The van der Waals surface area contributed by atoms with E-state index < -0.39 is 11.2 Å². The minimum atomic E-state index is -0.815. The zero-order valence-corrected chi connectivity index (χ0v) is 7.71. The lowest BCUT2D eigenvalue weighted by Gasteiger charge is -2.46. The second-order valence-corrected chi connectivity index (χ2v) is 4.54. The van der Waals surface area contributed by atoms with Crippen LogP contribution in [0.25, 0.3) is 0 Å². The number of β-lactam (4-membered cyclic amide) rings is 1. The molecule has 1 N–H and O–H groups in total. The first-order valence-electron chi connectivity index (χ1n) is 3.97. The first kappa shape index (κ1) is 8.62. The molecule has 0 aromatic carbocycles. The van der Waals surface area contributed by atoms with Crippen LogP contribution in [0.3, 0.4) is 0 Å². The Morgan fingerprint density at radius 2 is 2.31 bits per heavy atom. The number of rotatable bonds is 1. The van der Waals surface area contributed by atoms with Gasteiger partial charge in [-0.05, 0) is 0 Å². The maximum Gasteiger partial charge on any atom is 0.317 e. The maximum absolute atomic E-state index is 11.1. The quantitative estimate of drug-likeness (QED) is 0.630. The van der Waals surface area contributed by atoms with Gasteiger partial charge in [0.15, 0.2) is 0 Å². The normalized spacial score (nSPS) is 32.5. The average Bonchev–Trinajstić information content (AvgIpc) is 2.00. The van der Waals surface area contributed by atoms with E-state index >= 15 is 0 Å². The Labute approximate surface area is 79.6 Å². The molecule has 2 aliphatic heterocycles. The third kappa shape index (κ3) is 1.23. The number of thioether (sulfide) groups is 1. The third-order valence-electron chi connectivity index (χ3n) is 2.26. The van der Waals surface area contributed by atoms with E-state index in [2.05, 4.69) is 6.58 Å². The van der Waals surface area contributed by atoms with E-state index in [0.717, 1.165) is 0 Å². The van der Waals surface area contributed by atoms with Crippen molar-refractivity contribution >= 4 is 23.6 Å². The molecule has 0 aromatic heterocycles. The summed E-state index contributed by atoms with van der Waals surface area (Å²) in [6.45, 7) is 3.71. The van der Waals surface area contributed by atoms with Crippen LogP contribution in [0.5, 0.6) is 0 Å². The summed E-state index contributed by atoms with van der Waals surface area (Å²) in [4.78, 5) is 23.3. The zero-order chi connectivity index (χ0) is 9.59. The van der Waals surface area contributed by atoms with Gasteiger partial charge < -0.3 is 10.0 Å². The Balaban J connectivity index is 2.10.